The van der Waals surface area contributed by atoms with Gasteiger partial charge in [-0.3, -0.25) is 4.98 Å². The van der Waals surface area contributed by atoms with E-state index in [0.29, 0.717) is 0 Å². The van der Waals surface area contributed by atoms with E-state index in [1.807, 2.05) is 6.20 Å². The summed E-state index contributed by atoms with van der Waals surface area (Å²) in [5, 5.41) is 4.73. The topological polar surface area (TPSA) is 26.0 Å². The molecule has 0 spiro atoms. The molecule has 6 aromatic rings. The average molecular weight is 414 g/mol. The molecule has 6 rings (SSSR count). The van der Waals surface area contributed by atoms with Gasteiger partial charge in [0.15, 0.2) is 0 Å². The van der Waals surface area contributed by atoms with E-state index in [-0.39, 0.29) is 5.41 Å². The van der Waals surface area contributed by atoms with Crippen molar-refractivity contribution in [1.82, 2.24) is 4.98 Å². The molecule has 32 heavy (non-hydrogen) atoms. The molecule has 4 aromatic carbocycles. The summed E-state index contributed by atoms with van der Waals surface area (Å²) in [6, 6.07) is 34.0. The predicted octanol–water partition coefficient (Wildman–Crippen LogP) is 8.13. The Morgan fingerprint density at radius 2 is 1.44 bits per heavy atom. The first-order valence-corrected chi connectivity index (χ1v) is 11.0. The lowest BCUT2D eigenvalue weighted by Crippen LogP contribution is -2.18. The van der Waals surface area contributed by atoms with Crippen molar-refractivity contribution in [2.75, 3.05) is 0 Å². The van der Waals surface area contributed by atoms with Crippen LogP contribution in [-0.2, 0) is 5.41 Å². The van der Waals surface area contributed by atoms with Crippen molar-refractivity contribution < 1.29 is 4.42 Å². The molecule has 0 amide bonds. The second-order valence-corrected chi connectivity index (χ2v) is 8.89. The third-order valence-electron chi connectivity index (χ3n) is 6.63. The lowest BCUT2D eigenvalue weighted by atomic mass is 9.78. The average Bonchev–Trinajstić information content (AvgIpc) is 3.23. The predicted molar refractivity (Wildman–Crippen MR) is 133 cm³/mol. The second kappa shape index (κ2) is 7.06. The van der Waals surface area contributed by atoms with Gasteiger partial charge in [0, 0.05) is 27.9 Å². The summed E-state index contributed by atoms with van der Waals surface area (Å²) in [6.45, 7) is 4.53. The lowest BCUT2D eigenvalue weighted by molar-refractivity contribution is 0.640. The standard InChI is InChI=1S/C30H23NO/c1-30(2,22-9-4-3-5-10-22)23-16-17-31-26(19-23)21-13-14-27-25(18-21)29-24-11-7-6-8-20(24)12-15-28(29)32-27/h3-19H,1-2H3. The van der Waals surface area contributed by atoms with Crippen LogP contribution in [0.25, 0.3) is 44.0 Å². The Hall–Kier alpha value is -3.91. The van der Waals surface area contributed by atoms with E-state index in [4.69, 9.17) is 9.40 Å². The molecule has 0 saturated heterocycles. The number of hydrogen-bond donors (Lipinski definition) is 0. The number of pyridine rings is 1. The van der Waals surface area contributed by atoms with E-state index in [0.717, 1.165) is 27.8 Å². The monoisotopic (exact) mass is 413 g/mol. The molecule has 0 aliphatic carbocycles. The van der Waals surface area contributed by atoms with E-state index >= 15 is 0 Å². The van der Waals surface area contributed by atoms with Crippen molar-refractivity contribution in [2.24, 2.45) is 0 Å². The summed E-state index contributed by atoms with van der Waals surface area (Å²) < 4.78 is 6.17. The fraction of sp³-hybridized carbons (Fsp3) is 0.100. The molecule has 2 heterocycles. The van der Waals surface area contributed by atoms with Gasteiger partial charge in [-0.25, -0.2) is 0 Å². The molecule has 154 valence electrons. The van der Waals surface area contributed by atoms with Crippen molar-refractivity contribution in [3.8, 4) is 11.3 Å². The largest absolute Gasteiger partial charge is 0.456 e. The van der Waals surface area contributed by atoms with E-state index in [1.54, 1.807) is 0 Å². The highest BCUT2D eigenvalue weighted by Gasteiger charge is 2.23. The van der Waals surface area contributed by atoms with Gasteiger partial charge in [0.05, 0.1) is 5.69 Å². The molecule has 0 bridgehead atoms. The summed E-state index contributed by atoms with van der Waals surface area (Å²) in [4.78, 5) is 4.72. The molecule has 0 N–H and O–H groups in total. The quantitative estimate of drug-likeness (QED) is 0.293. The molecule has 2 aromatic heterocycles. The zero-order valence-corrected chi connectivity index (χ0v) is 18.2. The first kappa shape index (κ1) is 18.8. The fourth-order valence-electron chi connectivity index (χ4n) is 4.71. The highest BCUT2D eigenvalue weighted by molar-refractivity contribution is 6.19. The van der Waals surface area contributed by atoms with Gasteiger partial charge in [0.25, 0.3) is 0 Å². The van der Waals surface area contributed by atoms with Gasteiger partial charge in [0.2, 0.25) is 0 Å². The lowest BCUT2D eigenvalue weighted by Gasteiger charge is -2.26. The van der Waals surface area contributed by atoms with Gasteiger partial charge in [-0.1, -0.05) is 74.5 Å². The molecule has 0 unspecified atom stereocenters. The Bertz CT molecular complexity index is 1590. The summed E-state index contributed by atoms with van der Waals surface area (Å²) >= 11 is 0. The van der Waals surface area contributed by atoms with Crippen molar-refractivity contribution in [1.29, 1.82) is 0 Å². The van der Waals surface area contributed by atoms with Gasteiger partial charge in [0.1, 0.15) is 11.2 Å². The molecule has 0 saturated carbocycles. The number of hydrogen-bond acceptors (Lipinski definition) is 2. The van der Waals surface area contributed by atoms with Gasteiger partial charge in [-0.2, -0.15) is 0 Å². The molecular weight excluding hydrogens is 390 g/mol. The molecule has 2 heteroatoms. The number of aromatic nitrogens is 1. The van der Waals surface area contributed by atoms with Crippen LogP contribution in [0.4, 0.5) is 0 Å². The van der Waals surface area contributed by atoms with Crippen molar-refractivity contribution >= 4 is 32.7 Å². The number of fused-ring (bicyclic) bond motifs is 5. The zero-order valence-electron chi connectivity index (χ0n) is 18.2. The minimum atomic E-state index is -0.110. The van der Waals surface area contributed by atoms with Crippen LogP contribution in [-0.4, -0.2) is 4.98 Å². The molecule has 0 aliphatic heterocycles. The second-order valence-electron chi connectivity index (χ2n) is 8.89. The first-order valence-electron chi connectivity index (χ1n) is 11.0. The number of furan rings is 1. The summed E-state index contributed by atoms with van der Waals surface area (Å²) in [6.07, 6.45) is 1.92. The van der Waals surface area contributed by atoms with Gasteiger partial charge < -0.3 is 4.42 Å². The smallest absolute Gasteiger partial charge is 0.136 e. The molecular formula is C30H23NO. The van der Waals surface area contributed by atoms with Crippen molar-refractivity contribution in [3.63, 3.8) is 0 Å². The minimum Gasteiger partial charge on any atom is -0.456 e. The molecule has 0 radical (unpaired) electrons. The number of rotatable bonds is 3. The van der Waals surface area contributed by atoms with Crippen LogP contribution in [0.15, 0.2) is 108 Å². The van der Waals surface area contributed by atoms with Gasteiger partial charge in [-0.15, -0.1) is 0 Å². The van der Waals surface area contributed by atoms with E-state index < -0.39 is 0 Å². The highest BCUT2D eigenvalue weighted by Crippen LogP contribution is 2.37. The van der Waals surface area contributed by atoms with Crippen molar-refractivity contribution in [2.45, 2.75) is 19.3 Å². The minimum absolute atomic E-state index is 0.110. The third kappa shape index (κ3) is 2.91. The molecule has 0 aliphatic rings. The van der Waals surface area contributed by atoms with Crippen molar-refractivity contribution in [3.05, 3.63) is 114 Å². The van der Waals surface area contributed by atoms with Crippen LogP contribution in [0.3, 0.4) is 0 Å². The molecule has 2 nitrogen and oxygen atoms in total. The van der Waals surface area contributed by atoms with Crippen LogP contribution in [0, 0.1) is 0 Å². The fourth-order valence-corrected chi connectivity index (χ4v) is 4.71. The van der Waals surface area contributed by atoms with Gasteiger partial charge in [-0.05, 0) is 58.3 Å². The normalized spacial score (nSPS) is 12.1. The van der Waals surface area contributed by atoms with E-state index in [9.17, 15) is 0 Å². The number of benzene rings is 4. The Labute approximate surface area is 187 Å². The maximum atomic E-state index is 6.17. The summed E-state index contributed by atoms with van der Waals surface area (Å²) in [7, 11) is 0. The Kier molecular flexibility index (Phi) is 4.16. The summed E-state index contributed by atoms with van der Waals surface area (Å²) in [5.74, 6) is 0. The Morgan fingerprint density at radius 1 is 0.656 bits per heavy atom. The maximum Gasteiger partial charge on any atom is 0.136 e. The van der Waals surface area contributed by atoms with Crippen LogP contribution < -0.4 is 0 Å². The van der Waals surface area contributed by atoms with Crippen LogP contribution in [0.5, 0.6) is 0 Å². The van der Waals surface area contributed by atoms with E-state index in [1.165, 1.54) is 27.3 Å². The van der Waals surface area contributed by atoms with Crippen LogP contribution in [0.2, 0.25) is 0 Å². The molecule has 0 fully saturated rings. The van der Waals surface area contributed by atoms with Crippen LogP contribution >= 0.6 is 0 Å². The Balaban J connectivity index is 1.52. The zero-order chi connectivity index (χ0) is 21.7. The summed E-state index contributed by atoms with van der Waals surface area (Å²) in [5.41, 5.74) is 6.32. The van der Waals surface area contributed by atoms with Crippen LogP contribution in [0.1, 0.15) is 25.0 Å². The maximum absolute atomic E-state index is 6.17. The van der Waals surface area contributed by atoms with Gasteiger partial charge >= 0.3 is 0 Å². The SMILES string of the molecule is CC(C)(c1ccccc1)c1ccnc(-c2ccc3oc4ccc5ccccc5c4c3c2)c1. The van der Waals surface area contributed by atoms with E-state index in [2.05, 4.69) is 111 Å². The molecule has 0 atom stereocenters. The third-order valence-corrected chi connectivity index (χ3v) is 6.63. The highest BCUT2D eigenvalue weighted by atomic mass is 16.3. The first-order chi connectivity index (χ1) is 15.6. The Morgan fingerprint density at radius 3 is 2.31 bits per heavy atom. The number of nitrogens with zero attached hydrogens (tertiary/aromatic N) is 1.